The van der Waals surface area contributed by atoms with Gasteiger partial charge in [0.05, 0.1) is 0 Å². The number of aryl methyl sites for hydroxylation is 1. The lowest BCUT2D eigenvalue weighted by molar-refractivity contribution is -0.128. The van der Waals surface area contributed by atoms with E-state index in [1.54, 1.807) is 0 Å². The normalized spacial score (nSPS) is 26.2. The minimum Gasteiger partial charge on any atom is -0.299 e. The highest BCUT2D eigenvalue weighted by molar-refractivity contribution is 5.82. The van der Waals surface area contributed by atoms with Gasteiger partial charge in [-0.2, -0.15) is 0 Å². The number of Topliss-reactive ketones (excluding diaryl/α,β-unsaturated/α-hetero) is 1. The fraction of sp³-hybridized carbons (Fsp3) is 0.571. The van der Waals surface area contributed by atoms with Crippen molar-refractivity contribution >= 4 is 5.78 Å². The second-order valence-electron chi connectivity index (χ2n) is 5.02. The molecule has 1 aromatic heterocycles. The molecular formula is C14H20N2O. The van der Waals surface area contributed by atoms with E-state index in [0.29, 0.717) is 18.2 Å². The van der Waals surface area contributed by atoms with Crippen LogP contribution >= 0.6 is 0 Å². The van der Waals surface area contributed by atoms with Gasteiger partial charge in [0, 0.05) is 43.9 Å². The van der Waals surface area contributed by atoms with Crippen molar-refractivity contribution in [2.45, 2.75) is 39.8 Å². The highest BCUT2D eigenvalue weighted by atomic mass is 16.1. The van der Waals surface area contributed by atoms with Crippen LogP contribution < -0.4 is 0 Å². The Balaban J connectivity index is 2.09. The van der Waals surface area contributed by atoms with E-state index in [0.717, 1.165) is 13.1 Å². The fourth-order valence-electron chi connectivity index (χ4n) is 2.39. The number of piperidine rings is 1. The fourth-order valence-corrected chi connectivity index (χ4v) is 2.39. The molecule has 1 aliphatic rings. The van der Waals surface area contributed by atoms with E-state index in [9.17, 15) is 4.79 Å². The number of carbonyl (C=O) groups is 1. The maximum absolute atomic E-state index is 11.6. The van der Waals surface area contributed by atoms with Gasteiger partial charge in [-0.05, 0) is 31.0 Å². The monoisotopic (exact) mass is 232 g/mol. The number of carbonyl (C=O) groups excluding carboxylic acids is 1. The summed E-state index contributed by atoms with van der Waals surface area (Å²) in [5.74, 6) is 0.561. The van der Waals surface area contributed by atoms with Crippen LogP contribution in [-0.2, 0) is 11.3 Å². The lowest BCUT2D eigenvalue weighted by atomic mass is 9.90. The SMILES string of the molecule is Cc1cnccc1CN1CCC(=O)C(C)C1C. The van der Waals surface area contributed by atoms with Crippen molar-refractivity contribution < 1.29 is 4.79 Å². The number of rotatable bonds is 2. The molecule has 1 fully saturated rings. The van der Waals surface area contributed by atoms with Crippen molar-refractivity contribution in [3.63, 3.8) is 0 Å². The van der Waals surface area contributed by atoms with E-state index >= 15 is 0 Å². The summed E-state index contributed by atoms with van der Waals surface area (Å²) in [6, 6.07) is 2.41. The van der Waals surface area contributed by atoms with E-state index < -0.39 is 0 Å². The summed E-state index contributed by atoms with van der Waals surface area (Å²) in [6.07, 6.45) is 4.43. The second kappa shape index (κ2) is 4.96. The Kier molecular flexibility index (Phi) is 3.57. The number of nitrogens with zero attached hydrogens (tertiary/aromatic N) is 2. The number of pyridine rings is 1. The highest BCUT2D eigenvalue weighted by Crippen LogP contribution is 2.22. The molecule has 2 heterocycles. The van der Waals surface area contributed by atoms with Crippen LogP contribution in [0.1, 0.15) is 31.4 Å². The van der Waals surface area contributed by atoms with Crippen molar-refractivity contribution in [2.75, 3.05) is 6.54 Å². The topological polar surface area (TPSA) is 33.2 Å². The Morgan fingerprint density at radius 2 is 2.24 bits per heavy atom. The Hall–Kier alpha value is -1.22. The average molecular weight is 232 g/mol. The first-order valence-electron chi connectivity index (χ1n) is 6.26. The lowest BCUT2D eigenvalue weighted by Crippen LogP contribution is -2.46. The van der Waals surface area contributed by atoms with Crippen molar-refractivity contribution in [2.24, 2.45) is 5.92 Å². The third kappa shape index (κ3) is 2.55. The van der Waals surface area contributed by atoms with E-state index in [-0.39, 0.29) is 5.92 Å². The second-order valence-corrected chi connectivity index (χ2v) is 5.02. The van der Waals surface area contributed by atoms with Crippen LogP contribution in [0.5, 0.6) is 0 Å². The number of aromatic nitrogens is 1. The smallest absolute Gasteiger partial charge is 0.138 e. The van der Waals surface area contributed by atoms with E-state index in [2.05, 4.69) is 29.8 Å². The molecule has 1 aromatic rings. The zero-order valence-corrected chi connectivity index (χ0v) is 10.8. The van der Waals surface area contributed by atoms with E-state index in [1.165, 1.54) is 11.1 Å². The van der Waals surface area contributed by atoms with Crippen molar-refractivity contribution in [3.05, 3.63) is 29.6 Å². The zero-order valence-electron chi connectivity index (χ0n) is 10.8. The van der Waals surface area contributed by atoms with E-state index in [1.807, 2.05) is 19.3 Å². The summed E-state index contributed by atoms with van der Waals surface area (Å²) in [7, 11) is 0. The van der Waals surface area contributed by atoms with Crippen molar-refractivity contribution in [1.82, 2.24) is 9.88 Å². The Morgan fingerprint density at radius 1 is 1.47 bits per heavy atom. The summed E-state index contributed by atoms with van der Waals surface area (Å²) in [5.41, 5.74) is 2.54. The van der Waals surface area contributed by atoms with Crippen LogP contribution in [0.4, 0.5) is 0 Å². The van der Waals surface area contributed by atoms with Crippen LogP contribution in [0.15, 0.2) is 18.5 Å². The number of likely N-dealkylation sites (tertiary alicyclic amines) is 1. The first-order valence-corrected chi connectivity index (χ1v) is 6.26. The maximum atomic E-state index is 11.6. The molecule has 0 aromatic carbocycles. The van der Waals surface area contributed by atoms with Gasteiger partial charge in [-0.15, -0.1) is 0 Å². The third-order valence-electron chi connectivity index (χ3n) is 3.96. The minimum absolute atomic E-state index is 0.158. The molecule has 1 saturated heterocycles. The predicted octanol–water partition coefficient (Wildman–Crippen LogP) is 2.19. The number of ketones is 1. The zero-order chi connectivity index (χ0) is 12.4. The van der Waals surface area contributed by atoms with Crippen LogP contribution in [0, 0.1) is 12.8 Å². The number of hydrogen-bond acceptors (Lipinski definition) is 3. The lowest BCUT2D eigenvalue weighted by Gasteiger charge is -2.37. The molecule has 0 spiro atoms. The molecule has 0 aliphatic carbocycles. The van der Waals surface area contributed by atoms with E-state index in [4.69, 9.17) is 0 Å². The molecule has 3 nitrogen and oxygen atoms in total. The van der Waals surface area contributed by atoms with Gasteiger partial charge in [-0.3, -0.25) is 14.7 Å². The third-order valence-corrected chi connectivity index (χ3v) is 3.96. The highest BCUT2D eigenvalue weighted by Gasteiger charge is 2.30. The van der Waals surface area contributed by atoms with Gasteiger partial charge in [-0.1, -0.05) is 6.92 Å². The van der Waals surface area contributed by atoms with Crippen LogP contribution in [0.2, 0.25) is 0 Å². The van der Waals surface area contributed by atoms with Crippen LogP contribution in [-0.4, -0.2) is 28.3 Å². The molecule has 0 amide bonds. The molecular weight excluding hydrogens is 212 g/mol. The molecule has 1 aliphatic heterocycles. The summed E-state index contributed by atoms with van der Waals surface area (Å²) in [5, 5.41) is 0. The van der Waals surface area contributed by atoms with Gasteiger partial charge in [-0.25, -0.2) is 0 Å². The largest absolute Gasteiger partial charge is 0.299 e. The van der Waals surface area contributed by atoms with Gasteiger partial charge in [0.25, 0.3) is 0 Å². The van der Waals surface area contributed by atoms with Gasteiger partial charge in [0.1, 0.15) is 5.78 Å². The summed E-state index contributed by atoms with van der Waals surface area (Å²) in [6.45, 7) is 8.08. The molecule has 92 valence electrons. The van der Waals surface area contributed by atoms with Gasteiger partial charge < -0.3 is 0 Å². The molecule has 0 saturated carbocycles. The molecule has 2 atom stereocenters. The van der Waals surface area contributed by atoms with Gasteiger partial charge >= 0.3 is 0 Å². The Morgan fingerprint density at radius 3 is 2.94 bits per heavy atom. The molecule has 2 unspecified atom stereocenters. The molecule has 0 bridgehead atoms. The first kappa shape index (κ1) is 12.2. The van der Waals surface area contributed by atoms with Gasteiger partial charge in [0.2, 0.25) is 0 Å². The quantitative estimate of drug-likeness (QED) is 0.783. The predicted molar refractivity (Wildman–Crippen MR) is 67.6 cm³/mol. The first-order chi connectivity index (χ1) is 8.09. The Bertz CT molecular complexity index is 416. The van der Waals surface area contributed by atoms with Crippen molar-refractivity contribution in [3.8, 4) is 0 Å². The molecule has 2 rings (SSSR count). The minimum atomic E-state index is 0.158. The summed E-state index contributed by atoms with van der Waals surface area (Å²) >= 11 is 0. The van der Waals surface area contributed by atoms with Crippen LogP contribution in [0.25, 0.3) is 0 Å². The van der Waals surface area contributed by atoms with Gasteiger partial charge in [0.15, 0.2) is 0 Å². The average Bonchev–Trinajstić information content (AvgIpc) is 2.32. The Labute approximate surface area is 103 Å². The molecule has 0 N–H and O–H groups in total. The maximum Gasteiger partial charge on any atom is 0.138 e. The standard InChI is InChI=1S/C14H20N2O/c1-10-8-15-6-4-13(10)9-16-7-5-14(17)11(2)12(16)3/h4,6,8,11-12H,5,7,9H2,1-3H3. The summed E-state index contributed by atoms with van der Waals surface area (Å²) < 4.78 is 0. The number of hydrogen-bond donors (Lipinski definition) is 0. The molecule has 3 heteroatoms. The van der Waals surface area contributed by atoms with Crippen molar-refractivity contribution in [1.29, 1.82) is 0 Å². The summed E-state index contributed by atoms with van der Waals surface area (Å²) in [4.78, 5) is 18.1. The van der Waals surface area contributed by atoms with Crippen LogP contribution in [0.3, 0.4) is 0 Å². The molecule has 17 heavy (non-hydrogen) atoms. The molecule has 0 radical (unpaired) electrons.